The van der Waals surface area contributed by atoms with Gasteiger partial charge in [0, 0.05) is 17.0 Å². The van der Waals surface area contributed by atoms with Crippen molar-refractivity contribution in [1.82, 2.24) is 0 Å². The average Bonchev–Trinajstić information content (AvgIpc) is 3.00. The minimum atomic E-state index is 0.0898. The van der Waals surface area contributed by atoms with Gasteiger partial charge in [-0.2, -0.15) is 5.26 Å². The largest absolute Gasteiger partial charge is 0.495 e. The van der Waals surface area contributed by atoms with Crippen LogP contribution in [0.5, 0.6) is 5.75 Å². The second-order valence-electron chi connectivity index (χ2n) is 3.59. The highest BCUT2D eigenvalue weighted by Crippen LogP contribution is 2.50. The highest BCUT2D eigenvalue weighted by molar-refractivity contribution is 6.34. The lowest BCUT2D eigenvalue weighted by atomic mass is 10.1. The molecule has 0 radical (unpaired) electrons. The van der Waals surface area contributed by atoms with Gasteiger partial charge in [0.2, 0.25) is 0 Å². The first-order chi connectivity index (χ1) is 7.17. The van der Waals surface area contributed by atoms with Crippen LogP contribution in [0.4, 0.5) is 0 Å². The molecule has 2 unspecified atom stereocenters. The van der Waals surface area contributed by atoms with Crippen LogP contribution in [0.3, 0.4) is 0 Å². The zero-order valence-electron chi connectivity index (χ0n) is 8.13. The standard InChI is InChI=1S/C11H9Cl2NO/c1-15-11-4-9(12)8(3-10(11)13)7-2-6(7)5-14/h3-4,6-7H,2H2,1H3. The van der Waals surface area contributed by atoms with E-state index >= 15 is 0 Å². The lowest BCUT2D eigenvalue weighted by molar-refractivity contribution is 0.415. The molecule has 0 aromatic heterocycles. The summed E-state index contributed by atoms with van der Waals surface area (Å²) in [5, 5.41) is 9.91. The summed E-state index contributed by atoms with van der Waals surface area (Å²) in [6.07, 6.45) is 0.874. The number of methoxy groups -OCH3 is 1. The number of halogens is 2. The van der Waals surface area contributed by atoms with E-state index in [2.05, 4.69) is 6.07 Å². The highest BCUT2D eigenvalue weighted by atomic mass is 35.5. The van der Waals surface area contributed by atoms with Crippen molar-refractivity contribution in [3.63, 3.8) is 0 Å². The lowest BCUT2D eigenvalue weighted by Gasteiger charge is -2.07. The molecular weight excluding hydrogens is 233 g/mol. The first kappa shape index (κ1) is 10.6. The van der Waals surface area contributed by atoms with Crippen LogP contribution in [-0.4, -0.2) is 7.11 Å². The molecule has 4 heteroatoms. The Labute approximate surface area is 98.4 Å². The zero-order chi connectivity index (χ0) is 11.0. The number of hydrogen-bond donors (Lipinski definition) is 0. The molecule has 1 aromatic rings. The van der Waals surface area contributed by atoms with E-state index in [9.17, 15) is 0 Å². The normalized spacial score (nSPS) is 23.3. The Hall–Kier alpha value is -0.910. The van der Waals surface area contributed by atoms with Crippen LogP contribution in [0, 0.1) is 17.2 Å². The van der Waals surface area contributed by atoms with Gasteiger partial charge >= 0.3 is 0 Å². The Balaban J connectivity index is 2.35. The van der Waals surface area contributed by atoms with Crippen molar-refractivity contribution in [1.29, 1.82) is 5.26 Å². The number of nitrogens with zero attached hydrogens (tertiary/aromatic N) is 1. The van der Waals surface area contributed by atoms with Crippen LogP contribution in [0.2, 0.25) is 10.0 Å². The van der Waals surface area contributed by atoms with Gasteiger partial charge in [0.25, 0.3) is 0 Å². The molecule has 0 bridgehead atoms. The lowest BCUT2D eigenvalue weighted by Crippen LogP contribution is -1.89. The van der Waals surface area contributed by atoms with Gasteiger partial charge in [-0.1, -0.05) is 23.2 Å². The third-order valence-corrected chi connectivity index (χ3v) is 3.25. The Morgan fingerprint density at radius 1 is 1.40 bits per heavy atom. The molecule has 0 aliphatic heterocycles. The highest BCUT2D eigenvalue weighted by Gasteiger charge is 2.40. The zero-order valence-corrected chi connectivity index (χ0v) is 9.64. The minimum Gasteiger partial charge on any atom is -0.495 e. The van der Waals surface area contributed by atoms with Crippen molar-refractivity contribution >= 4 is 23.2 Å². The fraction of sp³-hybridized carbons (Fsp3) is 0.364. The second-order valence-corrected chi connectivity index (χ2v) is 4.40. The fourth-order valence-corrected chi connectivity index (χ4v) is 2.21. The van der Waals surface area contributed by atoms with Gasteiger partial charge in [-0.05, 0) is 18.1 Å². The molecule has 0 heterocycles. The van der Waals surface area contributed by atoms with Crippen LogP contribution in [0.15, 0.2) is 12.1 Å². The van der Waals surface area contributed by atoms with E-state index in [1.165, 1.54) is 0 Å². The Kier molecular flexibility index (Phi) is 2.77. The van der Waals surface area contributed by atoms with Gasteiger partial charge in [-0.3, -0.25) is 0 Å². The quantitative estimate of drug-likeness (QED) is 0.793. The molecule has 0 spiro atoms. The number of benzene rings is 1. The van der Waals surface area contributed by atoms with Crippen LogP contribution in [0.25, 0.3) is 0 Å². The van der Waals surface area contributed by atoms with Crippen LogP contribution in [-0.2, 0) is 0 Å². The Morgan fingerprint density at radius 3 is 2.67 bits per heavy atom. The van der Waals surface area contributed by atoms with E-state index in [4.69, 9.17) is 33.2 Å². The summed E-state index contributed by atoms with van der Waals surface area (Å²) in [5.74, 6) is 0.900. The molecule has 0 amide bonds. The molecule has 2 atom stereocenters. The molecule has 2 rings (SSSR count). The second kappa shape index (κ2) is 3.92. The molecule has 0 saturated heterocycles. The monoisotopic (exact) mass is 241 g/mol. The van der Waals surface area contributed by atoms with Gasteiger partial charge in [0.1, 0.15) is 5.75 Å². The van der Waals surface area contributed by atoms with E-state index in [0.717, 1.165) is 12.0 Å². The number of ether oxygens (including phenoxy) is 1. The number of hydrogen-bond acceptors (Lipinski definition) is 2. The number of rotatable bonds is 2. The summed E-state index contributed by atoms with van der Waals surface area (Å²) in [5.41, 5.74) is 0.953. The van der Waals surface area contributed by atoms with Crippen LogP contribution >= 0.6 is 23.2 Å². The number of nitriles is 1. The van der Waals surface area contributed by atoms with Gasteiger partial charge in [-0.25, -0.2) is 0 Å². The van der Waals surface area contributed by atoms with Gasteiger partial charge in [0.05, 0.1) is 24.1 Å². The maximum absolute atomic E-state index is 8.75. The predicted molar refractivity (Wildman–Crippen MR) is 59.5 cm³/mol. The van der Waals surface area contributed by atoms with E-state index in [-0.39, 0.29) is 11.8 Å². The van der Waals surface area contributed by atoms with Crippen molar-refractivity contribution in [2.45, 2.75) is 12.3 Å². The van der Waals surface area contributed by atoms with Crippen molar-refractivity contribution in [2.75, 3.05) is 7.11 Å². The summed E-state index contributed by atoms with van der Waals surface area (Å²) in [7, 11) is 1.55. The van der Waals surface area contributed by atoms with Crippen LogP contribution in [0.1, 0.15) is 17.9 Å². The molecule has 1 fully saturated rings. The van der Waals surface area contributed by atoms with Crippen molar-refractivity contribution in [3.05, 3.63) is 27.7 Å². The third-order valence-electron chi connectivity index (χ3n) is 2.63. The predicted octanol–water partition coefficient (Wildman–Crippen LogP) is 3.63. The summed E-state index contributed by atoms with van der Waals surface area (Å²) < 4.78 is 5.05. The van der Waals surface area contributed by atoms with E-state index in [1.807, 2.05) is 0 Å². The molecule has 78 valence electrons. The van der Waals surface area contributed by atoms with Crippen LogP contribution < -0.4 is 4.74 Å². The molecule has 1 aliphatic rings. The summed E-state index contributed by atoms with van der Waals surface area (Å²) >= 11 is 12.1. The molecule has 0 N–H and O–H groups in total. The molecule has 1 saturated carbocycles. The molecule has 15 heavy (non-hydrogen) atoms. The maximum Gasteiger partial charge on any atom is 0.138 e. The van der Waals surface area contributed by atoms with E-state index in [1.54, 1.807) is 19.2 Å². The first-order valence-corrected chi connectivity index (χ1v) is 5.35. The van der Waals surface area contributed by atoms with E-state index in [0.29, 0.717) is 15.8 Å². The molecule has 2 nitrogen and oxygen atoms in total. The Morgan fingerprint density at radius 2 is 2.13 bits per heavy atom. The molecule has 1 aromatic carbocycles. The van der Waals surface area contributed by atoms with Crippen molar-refractivity contribution in [3.8, 4) is 11.8 Å². The molecular formula is C11H9Cl2NO. The fourth-order valence-electron chi connectivity index (χ4n) is 1.67. The summed E-state index contributed by atoms with van der Waals surface area (Å²) in [4.78, 5) is 0. The van der Waals surface area contributed by atoms with Crippen molar-refractivity contribution in [2.24, 2.45) is 5.92 Å². The third kappa shape index (κ3) is 1.90. The summed E-state index contributed by atoms with van der Waals surface area (Å²) in [6.45, 7) is 0. The summed E-state index contributed by atoms with van der Waals surface area (Å²) in [6, 6.07) is 5.73. The maximum atomic E-state index is 8.75. The average molecular weight is 242 g/mol. The topological polar surface area (TPSA) is 33.0 Å². The Bertz CT molecular complexity index is 439. The SMILES string of the molecule is COc1cc(Cl)c(C2CC2C#N)cc1Cl. The van der Waals surface area contributed by atoms with Gasteiger partial charge in [0.15, 0.2) is 0 Å². The first-order valence-electron chi connectivity index (χ1n) is 4.60. The molecule has 1 aliphatic carbocycles. The smallest absolute Gasteiger partial charge is 0.138 e. The van der Waals surface area contributed by atoms with Gasteiger partial charge < -0.3 is 4.74 Å². The van der Waals surface area contributed by atoms with Gasteiger partial charge in [-0.15, -0.1) is 0 Å². The minimum absolute atomic E-state index is 0.0898. The van der Waals surface area contributed by atoms with E-state index < -0.39 is 0 Å². The van der Waals surface area contributed by atoms with Crippen molar-refractivity contribution < 1.29 is 4.74 Å².